The van der Waals surface area contributed by atoms with Gasteiger partial charge in [0.2, 0.25) is 5.91 Å². The number of benzene rings is 1. The standard InChI is InChI=1S/C13H13F3N2O/c1-9-5-10(3-2-4-17)7-11(6-9)18-12(19)8-13(14,15)16/h5-7H,4,8,17H2,1H3,(H,18,19). The van der Waals surface area contributed by atoms with E-state index in [0.29, 0.717) is 5.56 Å². The number of alkyl halides is 3. The van der Waals surface area contributed by atoms with Gasteiger partial charge in [-0.05, 0) is 30.7 Å². The van der Waals surface area contributed by atoms with Gasteiger partial charge in [0.1, 0.15) is 6.42 Å². The number of carbonyl (C=O) groups excluding carboxylic acids is 1. The largest absolute Gasteiger partial charge is 0.397 e. The second-order valence-corrected chi connectivity index (χ2v) is 3.93. The Kier molecular flexibility index (Phi) is 4.95. The van der Waals surface area contributed by atoms with Crippen LogP contribution >= 0.6 is 0 Å². The van der Waals surface area contributed by atoms with Crippen LogP contribution in [-0.4, -0.2) is 18.6 Å². The molecule has 0 fully saturated rings. The van der Waals surface area contributed by atoms with Crippen LogP contribution in [0.25, 0.3) is 0 Å². The first-order valence-corrected chi connectivity index (χ1v) is 5.47. The van der Waals surface area contributed by atoms with Crippen LogP contribution in [0.15, 0.2) is 18.2 Å². The number of aryl methyl sites for hydroxylation is 1. The zero-order valence-electron chi connectivity index (χ0n) is 10.3. The summed E-state index contributed by atoms with van der Waals surface area (Å²) in [7, 11) is 0. The van der Waals surface area contributed by atoms with Crippen molar-refractivity contribution in [2.45, 2.75) is 19.5 Å². The third kappa shape index (κ3) is 5.93. The minimum atomic E-state index is -4.52. The molecule has 102 valence electrons. The number of anilines is 1. The van der Waals surface area contributed by atoms with Crippen molar-refractivity contribution in [2.24, 2.45) is 5.73 Å². The zero-order chi connectivity index (χ0) is 14.5. The van der Waals surface area contributed by atoms with E-state index in [1.165, 1.54) is 6.07 Å². The SMILES string of the molecule is Cc1cc(C#CCN)cc(NC(=O)CC(F)(F)F)c1. The topological polar surface area (TPSA) is 55.1 Å². The van der Waals surface area contributed by atoms with Gasteiger partial charge in [-0.3, -0.25) is 4.79 Å². The lowest BCUT2D eigenvalue weighted by atomic mass is 10.1. The molecule has 1 aromatic rings. The second kappa shape index (κ2) is 6.25. The first-order valence-electron chi connectivity index (χ1n) is 5.47. The van der Waals surface area contributed by atoms with Gasteiger partial charge in [-0.25, -0.2) is 0 Å². The molecule has 0 unspecified atom stereocenters. The average molecular weight is 270 g/mol. The maximum Gasteiger partial charge on any atom is 0.397 e. The molecule has 0 atom stereocenters. The molecule has 0 aliphatic rings. The normalized spacial score (nSPS) is 10.6. The van der Waals surface area contributed by atoms with Crippen molar-refractivity contribution >= 4 is 11.6 Å². The molecule has 0 aromatic heterocycles. The van der Waals surface area contributed by atoms with E-state index < -0.39 is 18.5 Å². The van der Waals surface area contributed by atoms with Crippen molar-refractivity contribution in [1.82, 2.24) is 0 Å². The van der Waals surface area contributed by atoms with Gasteiger partial charge in [-0.15, -0.1) is 0 Å². The lowest BCUT2D eigenvalue weighted by molar-refractivity contribution is -0.150. The lowest BCUT2D eigenvalue weighted by Crippen LogP contribution is -2.21. The molecule has 1 rings (SSSR count). The Morgan fingerprint density at radius 1 is 1.37 bits per heavy atom. The van der Waals surface area contributed by atoms with E-state index in [0.717, 1.165) is 5.56 Å². The summed E-state index contributed by atoms with van der Waals surface area (Å²) < 4.78 is 36.1. The number of hydrogen-bond donors (Lipinski definition) is 2. The van der Waals surface area contributed by atoms with Gasteiger partial charge in [-0.2, -0.15) is 13.2 Å². The first kappa shape index (κ1) is 15.1. The lowest BCUT2D eigenvalue weighted by Gasteiger charge is -2.09. The Labute approximate surface area is 109 Å². The Bertz CT molecular complexity index is 527. The van der Waals surface area contributed by atoms with Crippen LogP contribution in [0.5, 0.6) is 0 Å². The Balaban J connectivity index is 2.84. The fraction of sp³-hybridized carbons (Fsp3) is 0.308. The van der Waals surface area contributed by atoms with Gasteiger partial charge in [0.25, 0.3) is 0 Å². The first-order chi connectivity index (χ1) is 8.80. The number of amides is 1. The van der Waals surface area contributed by atoms with E-state index in [4.69, 9.17) is 5.73 Å². The summed E-state index contributed by atoms with van der Waals surface area (Å²) in [6.45, 7) is 1.94. The van der Waals surface area contributed by atoms with E-state index in [2.05, 4.69) is 17.2 Å². The Morgan fingerprint density at radius 2 is 2.05 bits per heavy atom. The number of rotatable bonds is 2. The molecule has 0 saturated carbocycles. The van der Waals surface area contributed by atoms with Gasteiger partial charge < -0.3 is 11.1 Å². The molecule has 3 nitrogen and oxygen atoms in total. The Hall–Kier alpha value is -2.00. The van der Waals surface area contributed by atoms with E-state index in [9.17, 15) is 18.0 Å². The highest BCUT2D eigenvalue weighted by atomic mass is 19.4. The molecule has 0 saturated heterocycles. The highest BCUT2D eigenvalue weighted by Crippen LogP contribution is 2.21. The van der Waals surface area contributed by atoms with Gasteiger partial charge in [0.15, 0.2) is 0 Å². The molecular formula is C13H13F3N2O. The molecule has 0 spiro atoms. The smallest absolute Gasteiger partial charge is 0.326 e. The van der Waals surface area contributed by atoms with Crippen molar-refractivity contribution in [3.05, 3.63) is 29.3 Å². The van der Waals surface area contributed by atoms with Crippen molar-refractivity contribution in [3.8, 4) is 11.8 Å². The third-order valence-electron chi connectivity index (χ3n) is 2.06. The van der Waals surface area contributed by atoms with Crippen molar-refractivity contribution in [2.75, 3.05) is 11.9 Å². The van der Waals surface area contributed by atoms with Crippen molar-refractivity contribution in [1.29, 1.82) is 0 Å². The predicted molar refractivity (Wildman–Crippen MR) is 66.4 cm³/mol. The minimum absolute atomic E-state index is 0.184. The molecule has 1 aromatic carbocycles. The van der Waals surface area contributed by atoms with E-state index in [-0.39, 0.29) is 12.2 Å². The number of nitrogens with two attached hydrogens (primary N) is 1. The fourth-order valence-electron chi connectivity index (χ4n) is 1.47. The van der Waals surface area contributed by atoms with Gasteiger partial charge in [-0.1, -0.05) is 11.8 Å². The summed E-state index contributed by atoms with van der Waals surface area (Å²) >= 11 is 0. The summed E-state index contributed by atoms with van der Waals surface area (Å²) in [5.74, 6) is 4.29. The zero-order valence-corrected chi connectivity index (χ0v) is 10.3. The molecule has 3 N–H and O–H groups in total. The third-order valence-corrected chi connectivity index (χ3v) is 2.06. The fourth-order valence-corrected chi connectivity index (χ4v) is 1.47. The average Bonchev–Trinajstić information content (AvgIpc) is 2.22. The second-order valence-electron chi connectivity index (χ2n) is 3.93. The molecule has 1 amide bonds. The van der Waals surface area contributed by atoms with Crippen LogP contribution in [0.4, 0.5) is 18.9 Å². The van der Waals surface area contributed by atoms with E-state index in [1.807, 2.05) is 0 Å². The van der Waals surface area contributed by atoms with Gasteiger partial charge in [0, 0.05) is 11.3 Å². The maximum absolute atomic E-state index is 12.0. The van der Waals surface area contributed by atoms with Crippen LogP contribution in [0, 0.1) is 18.8 Å². The summed E-state index contributed by atoms with van der Waals surface area (Å²) in [5.41, 5.74) is 6.90. The summed E-state index contributed by atoms with van der Waals surface area (Å²) in [6, 6.07) is 4.83. The van der Waals surface area contributed by atoms with Crippen molar-refractivity contribution in [3.63, 3.8) is 0 Å². The van der Waals surface area contributed by atoms with E-state index in [1.54, 1.807) is 19.1 Å². The highest BCUT2D eigenvalue weighted by Gasteiger charge is 2.31. The van der Waals surface area contributed by atoms with E-state index >= 15 is 0 Å². The van der Waals surface area contributed by atoms with Gasteiger partial charge >= 0.3 is 6.18 Å². The molecule has 0 heterocycles. The highest BCUT2D eigenvalue weighted by molar-refractivity contribution is 5.91. The monoisotopic (exact) mass is 270 g/mol. The van der Waals surface area contributed by atoms with Crippen LogP contribution in [0.2, 0.25) is 0 Å². The summed E-state index contributed by atoms with van der Waals surface area (Å²) in [5, 5.41) is 2.20. The molecule has 0 bridgehead atoms. The molecule has 6 heteroatoms. The molecule has 19 heavy (non-hydrogen) atoms. The quantitative estimate of drug-likeness (QED) is 0.809. The maximum atomic E-state index is 12.0. The molecule has 0 radical (unpaired) electrons. The van der Waals surface area contributed by atoms with Crippen LogP contribution in [-0.2, 0) is 4.79 Å². The van der Waals surface area contributed by atoms with Crippen LogP contribution < -0.4 is 11.1 Å². The Morgan fingerprint density at radius 3 is 2.63 bits per heavy atom. The number of nitrogens with one attached hydrogen (secondary N) is 1. The summed E-state index contributed by atoms with van der Waals surface area (Å²) in [6.07, 6.45) is -6.03. The van der Waals surface area contributed by atoms with Crippen LogP contribution in [0.3, 0.4) is 0 Å². The molecule has 0 aliphatic heterocycles. The molecule has 0 aliphatic carbocycles. The number of halogens is 3. The number of carbonyl (C=O) groups is 1. The minimum Gasteiger partial charge on any atom is -0.326 e. The molecular weight excluding hydrogens is 257 g/mol. The van der Waals surface area contributed by atoms with Crippen LogP contribution in [0.1, 0.15) is 17.5 Å². The van der Waals surface area contributed by atoms with Gasteiger partial charge in [0.05, 0.1) is 6.54 Å². The number of hydrogen-bond acceptors (Lipinski definition) is 2. The van der Waals surface area contributed by atoms with Crippen molar-refractivity contribution < 1.29 is 18.0 Å². The summed E-state index contributed by atoms with van der Waals surface area (Å²) in [4.78, 5) is 11.2. The predicted octanol–water partition coefficient (Wildman–Crippen LogP) is 2.20.